The largest absolute Gasteiger partial charge is 0.465 e. The summed E-state index contributed by atoms with van der Waals surface area (Å²) in [5.41, 5.74) is 0.505. The Hall–Kier alpha value is -1.90. The van der Waals surface area contributed by atoms with Crippen LogP contribution in [0.3, 0.4) is 0 Å². The van der Waals surface area contributed by atoms with Crippen LogP contribution in [0.2, 0.25) is 0 Å². The Labute approximate surface area is 81.3 Å². The van der Waals surface area contributed by atoms with Gasteiger partial charge in [0.25, 0.3) is 0 Å². The van der Waals surface area contributed by atoms with E-state index in [1.54, 1.807) is 6.20 Å². The van der Waals surface area contributed by atoms with Crippen molar-refractivity contribution >= 4 is 16.7 Å². The molecule has 3 heteroatoms. The minimum Gasteiger partial charge on any atom is -0.465 e. The number of hydrogen-bond acceptors (Lipinski definition) is 3. The molecule has 0 radical (unpaired) electrons. The number of pyridine rings is 1. The monoisotopic (exact) mass is 187 g/mol. The SMILES string of the molecule is COC(=O)c1cncc2ccccc12. The summed E-state index contributed by atoms with van der Waals surface area (Å²) < 4.78 is 4.67. The van der Waals surface area contributed by atoms with Crippen molar-refractivity contribution < 1.29 is 9.53 Å². The molecule has 0 amide bonds. The predicted octanol–water partition coefficient (Wildman–Crippen LogP) is 2.02. The van der Waals surface area contributed by atoms with Crippen LogP contribution < -0.4 is 0 Å². The summed E-state index contributed by atoms with van der Waals surface area (Å²) >= 11 is 0. The fourth-order valence-electron chi connectivity index (χ4n) is 1.39. The summed E-state index contributed by atoms with van der Waals surface area (Å²) in [6, 6.07) is 7.58. The highest BCUT2D eigenvalue weighted by Gasteiger charge is 2.09. The molecule has 0 spiro atoms. The molecule has 2 aromatic rings. The maximum atomic E-state index is 11.4. The van der Waals surface area contributed by atoms with Crippen LogP contribution in [0.4, 0.5) is 0 Å². The molecule has 70 valence electrons. The van der Waals surface area contributed by atoms with Crippen LogP contribution in [0.15, 0.2) is 36.7 Å². The Bertz CT molecular complexity index is 474. The Kier molecular flexibility index (Phi) is 2.14. The predicted molar refractivity (Wildman–Crippen MR) is 53.1 cm³/mol. The smallest absolute Gasteiger partial charge is 0.340 e. The van der Waals surface area contributed by atoms with Gasteiger partial charge in [-0.1, -0.05) is 24.3 Å². The number of fused-ring (bicyclic) bond motifs is 1. The number of benzene rings is 1. The highest BCUT2D eigenvalue weighted by Crippen LogP contribution is 2.17. The van der Waals surface area contributed by atoms with Crippen LogP contribution in [0, 0.1) is 0 Å². The molecule has 0 aliphatic carbocycles. The standard InChI is InChI=1S/C11H9NO2/c1-14-11(13)10-7-12-6-8-4-2-3-5-9(8)10/h2-7H,1H3. The molecule has 0 saturated heterocycles. The average molecular weight is 187 g/mol. The molecule has 0 saturated carbocycles. The average Bonchev–Trinajstić information content (AvgIpc) is 2.27. The first-order valence-corrected chi connectivity index (χ1v) is 4.24. The molecule has 0 aliphatic heterocycles. The highest BCUT2D eigenvalue weighted by molar-refractivity contribution is 6.03. The van der Waals surface area contributed by atoms with Crippen LogP contribution in [-0.4, -0.2) is 18.1 Å². The number of esters is 1. The summed E-state index contributed by atoms with van der Waals surface area (Å²) in [6.07, 6.45) is 3.25. The van der Waals surface area contributed by atoms with Gasteiger partial charge in [0.2, 0.25) is 0 Å². The second-order valence-corrected chi connectivity index (χ2v) is 2.90. The molecule has 1 aromatic heterocycles. The van der Waals surface area contributed by atoms with Crippen molar-refractivity contribution in [3.8, 4) is 0 Å². The lowest BCUT2D eigenvalue weighted by atomic mass is 10.1. The lowest BCUT2D eigenvalue weighted by molar-refractivity contribution is 0.0602. The maximum absolute atomic E-state index is 11.4. The van der Waals surface area contributed by atoms with Crippen molar-refractivity contribution in [3.63, 3.8) is 0 Å². The molecule has 1 aromatic carbocycles. The minimum atomic E-state index is -0.353. The van der Waals surface area contributed by atoms with Gasteiger partial charge in [-0.2, -0.15) is 0 Å². The van der Waals surface area contributed by atoms with E-state index < -0.39 is 0 Å². The third-order valence-electron chi connectivity index (χ3n) is 2.07. The van der Waals surface area contributed by atoms with Crippen molar-refractivity contribution in [2.45, 2.75) is 0 Å². The van der Waals surface area contributed by atoms with Gasteiger partial charge >= 0.3 is 5.97 Å². The molecular formula is C11H9NO2. The zero-order valence-corrected chi connectivity index (χ0v) is 7.73. The number of rotatable bonds is 1. The van der Waals surface area contributed by atoms with E-state index in [4.69, 9.17) is 0 Å². The molecule has 3 nitrogen and oxygen atoms in total. The quantitative estimate of drug-likeness (QED) is 0.641. The number of aromatic nitrogens is 1. The van der Waals surface area contributed by atoms with Crippen LogP contribution in [-0.2, 0) is 4.74 Å². The van der Waals surface area contributed by atoms with E-state index in [2.05, 4.69) is 9.72 Å². The Morgan fingerprint density at radius 2 is 2.07 bits per heavy atom. The van der Waals surface area contributed by atoms with Gasteiger partial charge in [-0.3, -0.25) is 4.98 Å². The summed E-state index contributed by atoms with van der Waals surface area (Å²) in [5.74, 6) is -0.353. The first-order chi connectivity index (χ1) is 6.83. The van der Waals surface area contributed by atoms with Crippen LogP contribution >= 0.6 is 0 Å². The van der Waals surface area contributed by atoms with E-state index in [1.165, 1.54) is 13.3 Å². The summed E-state index contributed by atoms with van der Waals surface area (Å²) in [7, 11) is 1.37. The summed E-state index contributed by atoms with van der Waals surface area (Å²) in [6.45, 7) is 0. The van der Waals surface area contributed by atoms with Gasteiger partial charge in [-0.05, 0) is 5.39 Å². The molecule has 0 bridgehead atoms. The topological polar surface area (TPSA) is 39.2 Å². The van der Waals surface area contributed by atoms with E-state index in [0.717, 1.165) is 10.8 Å². The van der Waals surface area contributed by atoms with E-state index in [0.29, 0.717) is 5.56 Å². The van der Waals surface area contributed by atoms with Gasteiger partial charge in [0.05, 0.1) is 12.7 Å². The molecule has 14 heavy (non-hydrogen) atoms. The molecule has 0 unspecified atom stereocenters. The summed E-state index contributed by atoms with van der Waals surface area (Å²) in [4.78, 5) is 15.3. The van der Waals surface area contributed by atoms with Crippen LogP contribution in [0.25, 0.3) is 10.8 Å². The zero-order valence-electron chi connectivity index (χ0n) is 7.73. The Morgan fingerprint density at radius 3 is 2.86 bits per heavy atom. The van der Waals surface area contributed by atoms with Crippen molar-refractivity contribution in [1.29, 1.82) is 0 Å². The first kappa shape index (κ1) is 8.69. The second kappa shape index (κ2) is 3.46. The molecule has 0 fully saturated rings. The molecule has 0 atom stereocenters. The van der Waals surface area contributed by atoms with Crippen LogP contribution in [0.5, 0.6) is 0 Å². The number of carbonyl (C=O) groups is 1. The molecule has 1 heterocycles. The normalized spacial score (nSPS) is 10.1. The minimum absolute atomic E-state index is 0.353. The van der Waals surface area contributed by atoms with Gasteiger partial charge in [0, 0.05) is 17.8 Å². The number of nitrogens with zero attached hydrogens (tertiary/aromatic N) is 1. The lowest BCUT2D eigenvalue weighted by Crippen LogP contribution is -2.02. The van der Waals surface area contributed by atoms with Gasteiger partial charge in [-0.25, -0.2) is 4.79 Å². The highest BCUT2D eigenvalue weighted by atomic mass is 16.5. The number of ether oxygens (including phenoxy) is 1. The van der Waals surface area contributed by atoms with Gasteiger partial charge in [0.15, 0.2) is 0 Å². The van der Waals surface area contributed by atoms with Crippen molar-refractivity contribution in [1.82, 2.24) is 4.98 Å². The molecule has 0 aliphatic rings. The fourth-order valence-corrected chi connectivity index (χ4v) is 1.39. The maximum Gasteiger partial charge on any atom is 0.340 e. The molecule has 2 rings (SSSR count). The number of hydrogen-bond donors (Lipinski definition) is 0. The van der Waals surface area contributed by atoms with Crippen molar-refractivity contribution in [3.05, 3.63) is 42.2 Å². The van der Waals surface area contributed by atoms with Gasteiger partial charge in [0.1, 0.15) is 0 Å². The summed E-state index contributed by atoms with van der Waals surface area (Å²) in [5, 5.41) is 1.81. The third kappa shape index (κ3) is 1.33. The van der Waals surface area contributed by atoms with E-state index >= 15 is 0 Å². The van der Waals surface area contributed by atoms with Crippen LogP contribution in [0.1, 0.15) is 10.4 Å². The van der Waals surface area contributed by atoms with E-state index in [9.17, 15) is 4.79 Å². The third-order valence-corrected chi connectivity index (χ3v) is 2.07. The van der Waals surface area contributed by atoms with E-state index in [-0.39, 0.29) is 5.97 Å². The molecular weight excluding hydrogens is 178 g/mol. The van der Waals surface area contributed by atoms with Gasteiger partial charge in [-0.15, -0.1) is 0 Å². The van der Waals surface area contributed by atoms with E-state index in [1.807, 2.05) is 24.3 Å². The molecule has 0 N–H and O–H groups in total. The lowest BCUT2D eigenvalue weighted by Gasteiger charge is -2.02. The Balaban J connectivity index is 2.71. The number of carbonyl (C=O) groups excluding carboxylic acids is 1. The zero-order chi connectivity index (χ0) is 9.97. The second-order valence-electron chi connectivity index (χ2n) is 2.90. The Morgan fingerprint density at radius 1 is 1.29 bits per heavy atom. The van der Waals surface area contributed by atoms with Crippen molar-refractivity contribution in [2.75, 3.05) is 7.11 Å². The fraction of sp³-hybridized carbons (Fsp3) is 0.0909. The van der Waals surface area contributed by atoms with Gasteiger partial charge < -0.3 is 4.74 Å². The number of methoxy groups -OCH3 is 1. The van der Waals surface area contributed by atoms with Crippen molar-refractivity contribution in [2.24, 2.45) is 0 Å². The first-order valence-electron chi connectivity index (χ1n) is 4.24.